The molecule has 15 heavy (non-hydrogen) atoms. The first-order valence-electron chi connectivity index (χ1n) is 5.76. The van der Waals surface area contributed by atoms with Gasteiger partial charge in [-0.2, -0.15) is 0 Å². The molecule has 1 aromatic rings. The molecule has 1 aliphatic rings. The number of rotatable bonds is 2. The molecule has 1 fully saturated rings. The normalized spacial score (nSPS) is 16.8. The Morgan fingerprint density at radius 3 is 2.40 bits per heavy atom. The summed E-state index contributed by atoms with van der Waals surface area (Å²) < 4.78 is 0. The maximum absolute atomic E-state index is 9.16. The molecule has 1 saturated carbocycles. The van der Waals surface area contributed by atoms with Crippen molar-refractivity contribution in [2.24, 2.45) is 0 Å². The van der Waals surface area contributed by atoms with E-state index in [1.165, 1.54) is 24.0 Å². The SMILES string of the molecule is CC(C)(C)c1ccc(CO)cc1C1CC1. The van der Waals surface area contributed by atoms with Crippen molar-refractivity contribution in [2.75, 3.05) is 0 Å². The molecule has 0 aliphatic heterocycles. The van der Waals surface area contributed by atoms with E-state index in [1.807, 2.05) is 6.07 Å². The molecule has 0 atom stereocenters. The van der Waals surface area contributed by atoms with E-state index >= 15 is 0 Å². The molecule has 0 spiro atoms. The van der Waals surface area contributed by atoms with Crippen LogP contribution in [-0.4, -0.2) is 5.11 Å². The van der Waals surface area contributed by atoms with Gasteiger partial charge in [-0.05, 0) is 40.9 Å². The first-order valence-corrected chi connectivity index (χ1v) is 5.76. The third-order valence-corrected chi connectivity index (χ3v) is 3.12. The fourth-order valence-corrected chi connectivity index (χ4v) is 2.13. The van der Waals surface area contributed by atoms with Crippen LogP contribution in [0.1, 0.15) is 56.2 Å². The minimum Gasteiger partial charge on any atom is -0.392 e. The van der Waals surface area contributed by atoms with Crippen molar-refractivity contribution in [3.63, 3.8) is 0 Å². The number of hydrogen-bond acceptors (Lipinski definition) is 1. The number of benzene rings is 1. The van der Waals surface area contributed by atoms with Gasteiger partial charge in [-0.15, -0.1) is 0 Å². The molecule has 0 bridgehead atoms. The van der Waals surface area contributed by atoms with Crippen LogP contribution < -0.4 is 0 Å². The van der Waals surface area contributed by atoms with E-state index in [4.69, 9.17) is 5.11 Å². The van der Waals surface area contributed by atoms with Gasteiger partial charge in [0, 0.05) is 0 Å². The first kappa shape index (κ1) is 10.7. The first-order chi connectivity index (χ1) is 7.02. The maximum atomic E-state index is 9.16. The summed E-state index contributed by atoms with van der Waals surface area (Å²) in [6.07, 6.45) is 2.63. The second-order valence-corrected chi connectivity index (χ2v) is 5.60. The molecule has 0 unspecified atom stereocenters. The average Bonchev–Trinajstić information content (AvgIpc) is 2.98. The predicted octanol–water partition coefficient (Wildman–Crippen LogP) is 3.35. The van der Waals surface area contributed by atoms with E-state index in [2.05, 4.69) is 32.9 Å². The summed E-state index contributed by atoms with van der Waals surface area (Å²) in [5, 5.41) is 9.16. The summed E-state index contributed by atoms with van der Waals surface area (Å²) in [6.45, 7) is 6.93. The highest BCUT2D eigenvalue weighted by Gasteiger charge is 2.29. The molecule has 0 radical (unpaired) electrons. The summed E-state index contributed by atoms with van der Waals surface area (Å²) in [5.41, 5.74) is 4.17. The molecule has 1 heteroatoms. The zero-order valence-electron chi connectivity index (χ0n) is 9.88. The molecular weight excluding hydrogens is 184 g/mol. The molecule has 2 rings (SSSR count). The molecule has 0 aromatic heterocycles. The van der Waals surface area contributed by atoms with Gasteiger partial charge in [0.25, 0.3) is 0 Å². The van der Waals surface area contributed by atoms with Gasteiger partial charge < -0.3 is 5.11 Å². The van der Waals surface area contributed by atoms with E-state index in [0.717, 1.165) is 11.5 Å². The van der Waals surface area contributed by atoms with E-state index < -0.39 is 0 Å². The largest absolute Gasteiger partial charge is 0.392 e. The van der Waals surface area contributed by atoms with Crippen molar-refractivity contribution in [2.45, 2.75) is 51.6 Å². The Kier molecular flexibility index (Phi) is 2.59. The van der Waals surface area contributed by atoms with E-state index in [1.54, 1.807) is 0 Å². The summed E-state index contributed by atoms with van der Waals surface area (Å²) in [5.74, 6) is 0.755. The van der Waals surface area contributed by atoms with Crippen LogP contribution in [0, 0.1) is 0 Å². The van der Waals surface area contributed by atoms with Gasteiger partial charge in [-0.1, -0.05) is 39.0 Å². The van der Waals surface area contributed by atoms with Crippen molar-refractivity contribution in [3.05, 3.63) is 34.9 Å². The van der Waals surface area contributed by atoms with Crippen LogP contribution in [0.25, 0.3) is 0 Å². The van der Waals surface area contributed by atoms with Crippen LogP contribution in [0.3, 0.4) is 0 Å². The lowest BCUT2D eigenvalue weighted by Crippen LogP contribution is -2.14. The molecule has 1 aromatic carbocycles. The Balaban J connectivity index is 2.45. The Hall–Kier alpha value is -0.820. The van der Waals surface area contributed by atoms with Crippen LogP contribution in [0.15, 0.2) is 18.2 Å². The van der Waals surface area contributed by atoms with Gasteiger partial charge in [0.15, 0.2) is 0 Å². The van der Waals surface area contributed by atoms with Gasteiger partial charge in [0.1, 0.15) is 0 Å². The second-order valence-electron chi connectivity index (χ2n) is 5.60. The summed E-state index contributed by atoms with van der Waals surface area (Å²) in [4.78, 5) is 0. The maximum Gasteiger partial charge on any atom is 0.0681 e. The number of aliphatic hydroxyl groups excluding tert-OH is 1. The molecule has 0 heterocycles. The Labute approximate surface area is 92.1 Å². The van der Waals surface area contributed by atoms with E-state index in [0.29, 0.717) is 0 Å². The molecule has 82 valence electrons. The highest BCUT2D eigenvalue weighted by atomic mass is 16.3. The van der Waals surface area contributed by atoms with Crippen molar-refractivity contribution in [1.82, 2.24) is 0 Å². The smallest absolute Gasteiger partial charge is 0.0681 e. The third kappa shape index (κ3) is 2.23. The topological polar surface area (TPSA) is 20.2 Å². The monoisotopic (exact) mass is 204 g/mol. The summed E-state index contributed by atoms with van der Waals surface area (Å²) in [6, 6.07) is 6.43. The van der Waals surface area contributed by atoms with Crippen molar-refractivity contribution >= 4 is 0 Å². The average molecular weight is 204 g/mol. The van der Waals surface area contributed by atoms with Gasteiger partial charge in [-0.25, -0.2) is 0 Å². The van der Waals surface area contributed by atoms with Crippen LogP contribution in [-0.2, 0) is 12.0 Å². The lowest BCUT2D eigenvalue weighted by molar-refractivity contribution is 0.281. The highest BCUT2D eigenvalue weighted by molar-refractivity contribution is 5.40. The molecule has 1 N–H and O–H groups in total. The summed E-state index contributed by atoms with van der Waals surface area (Å²) >= 11 is 0. The third-order valence-electron chi connectivity index (χ3n) is 3.12. The van der Waals surface area contributed by atoms with Crippen LogP contribution in [0.5, 0.6) is 0 Å². The highest BCUT2D eigenvalue weighted by Crippen LogP contribution is 2.44. The quantitative estimate of drug-likeness (QED) is 0.783. The lowest BCUT2D eigenvalue weighted by atomic mass is 9.82. The van der Waals surface area contributed by atoms with Crippen molar-refractivity contribution in [3.8, 4) is 0 Å². The number of aliphatic hydroxyl groups is 1. The Bertz CT molecular complexity index is 356. The fraction of sp³-hybridized carbons (Fsp3) is 0.571. The van der Waals surface area contributed by atoms with Crippen LogP contribution >= 0.6 is 0 Å². The molecule has 1 nitrogen and oxygen atoms in total. The molecule has 0 saturated heterocycles. The molecule has 0 amide bonds. The van der Waals surface area contributed by atoms with E-state index in [-0.39, 0.29) is 12.0 Å². The van der Waals surface area contributed by atoms with Gasteiger partial charge in [0.2, 0.25) is 0 Å². The van der Waals surface area contributed by atoms with Crippen molar-refractivity contribution in [1.29, 1.82) is 0 Å². The molecular formula is C14H20O. The zero-order chi connectivity index (χ0) is 11.1. The standard InChI is InChI=1S/C14H20O/c1-14(2,3)13-7-4-10(9-15)8-12(13)11-5-6-11/h4,7-8,11,15H,5-6,9H2,1-3H3. The van der Waals surface area contributed by atoms with Gasteiger partial charge in [-0.3, -0.25) is 0 Å². The van der Waals surface area contributed by atoms with Gasteiger partial charge >= 0.3 is 0 Å². The van der Waals surface area contributed by atoms with Crippen LogP contribution in [0.2, 0.25) is 0 Å². The van der Waals surface area contributed by atoms with Gasteiger partial charge in [0.05, 0.1) is 6.61 Å². The summed E-state index contributed by atoms with van der Waals surface area (Å²) in [7, 11) is 0. The second kappa shape index (κ2) is 3.64. The minimum atomic E-state index is 0.157. The lowest BCUT2D eigenvalue weighted by Gasteiger charge is -2.23. The van der Waals surface area contributed by atoms with E-state index in [9.17, 15) is 0 Å². The minimum absolute atomic E-state index is 0.157. The zero-order valence-corrected chi connectivity index (χ0v) is 9.88. The predicted molar refractivity (Wildman–Crippen MR) is 63.0 cm³/mol. The van der Waals surface area contributed by atoms with Crippen LogP contribution in [0.4, 0.5) is 0 Å². The fourth-order valence-electron chi connectivity index (χ4n) is 2.13. The number of hydrogen-bond donors (Lipinski definition) is 1. The Morgan fingerprint density at radius 2 is 1.93 bits per heavy atom. The Morgan fingerprint density at radius 1 is 1.27 bits per heavy atom. The molecule has 1 aliphatic carbocycles. The van der Waals surface area contributed by atoms with Crippen molar-refractivity contribution < 1.29 is 5.11 Å².